The lowest BCUT2D eigenvalue weighted by atomic mass is 10.2. The lowest BCUT2D eigenvalue weighted by Crippen LogP contribution is -2.12. The van der Waals surface area contributed by atoms with Gasteiger partial charge in [0.1, 0.15) is 15.6 Å². The van der Waals surface area contributed by atoms with Gasteiger partial charge in [-0.2, -0.15) is 0 Å². The van der Waals surface area contributed by atoms with Gasteiger partial charge in [-0.1, -0.05) is 0 Å². The molecule has 0 saturated carbocycles. The minimum absolute atomic E-state index is 0.0637. The van der Waals surface area contributed by atoms with Crippen LogP contribution in [-0.2, 0) is 14.6 Å². The molecule has 0 spiro atoms. The van der Waals surface area contributed by atoms with E-state index in [1.807, 2.05) is 0 Å². The summed E-state index contributed by atoms with van der Waals surface area (Å²) in [7, 11) is -3.00. The Bertz CT molecular complexity index is 220. The second kappa shape index (κ2) is 4.46. The van der Waals surface area contributed by atoms with E-state index >= 15 is 0 Å². The molecule has 0 saturated heterocycles. The normalized spacial score (nSPS) is 11.5. The Labute approximate surface area is 66.7 Å². The number of hydrogen-bond donors (Lipinski definition) is 1. The van der Waals surface area contributed by atoms with Crippen molar-refractivity contribution in [3.8, 4) is 0 Å². The number of carbonyl (C=O) groups excluding carboxylic acids is 1. The Hall–Kier alpha value is -0.420. The van der Waals surface area contributed by atoms with Crippen molar-refractivity contribution in [2.24, 2.45) is 5.73 Å². The highest BCUT2D eigenvalue weighted by Gasteiger charge is 2.06. The smallest absolute Gasteiger partial charge is 0.147 e. The van der Waals surface area contributed by atoms with Gasteiger partial charge in [-0.3, -0.25) is 4.79 Å². The molecule has 0 aliphatic rings. The monoisotopic (exact) mass is 179 g/mol. The Morgan fingerprint density at radius 2 is 1.91 bits per heavy atom. The molecule has 0 unspecified atom stereocenters. The molecule has 2 N–H and O–H groups in total. The summed E-state index contributed by atoms with van der Waals surface area (Å²) in [6.07, 6.45) is 1.48. The van der Waals surface area contributed by atoms with Crippen LogP contribution in [0.15, 0.2) is 0 Å². The van der Waals surface area contributed by atoms with E-state index in [1.165, 1.54) is 0 Å². The van der Waals surface area contributed by atoms with Crippen LogP contribution in [0, 0.1) is 0 Å². The van der Waals surface area contributed by atoms with E-state index < -0.39 is 9.84 Å². The fraction of sp³-hybridized carbons (Fsp3) is 0.833. The maximum absolute atomic E-state index is 10.7. The maximum atomic E-state index is 10.7. The number of ketones is 1. The Balaban J connectivity index is 3.64. The second-order valence-corrected chi connectivity index (χ2v) is 4.72. The van der Waals surface area contributed by atoms with Crippen molar-refractivity contribution >= 4 is 15.6 Å². The van der Waals surface area contributed by atoms with Crippen molar-refractivity contribution in [2.75, 3.05) is 18.6 Å². The first kappa shape index (κ1) is 10.6. The van der Waals surface area contributed by atoms with Gasteiger partial charge in [-0.25, -0.2) is 8.42 Å². The minimum atomic E-state index is -3.00. The minimum Gasteiger partial charge on any atom is -0.330 e. The maximum Gasteiger partial charge on any atom is 0.147 e. The molecule has 0 atom stereocenters. The fourth-order valence-corrected chi connectivity index (χ4v) is 1.18. The SMILES string of the molecule is CS(=O)(=O)CCC(=O)CCN. The van der Waals surface area contributed by atoms with Gasteiger partial charge in [0, 0.05) is 19.1 Å². The van der Waals surface area contributed by atoms with Crippen molar-refractivity contribution in [3.05, 3.63) is 0 Å². The van der Waals surface area contributed by atoms with Crippen molar-refractivity contribution in [1.82, 2.24) is 0 Å². The molecule has 0 aromatic carbocycles. The van der Waals surface area contributed by atoms with Gasteiger partial charge in [0.25, 0.3) is 0 Å². The molecular weight excluding hydrogens is 166 g/mol. The molecule has 4 nitrogen and oxygen atoms in total. The molecular formula is C6H13NO3S. The van der Waals surface area contributed by atoms with Crippen LogP contribution in [0.1, 0.15) is 12.8 Å². The number of rotatable bonds is 5. The summed E-state index contributed by atoms with van der Waals surface area (Å²) in [6, 6.07) is 0. The molecule has 0 rings (SSSR count). The molecule has 5 heteroatoms. The zero-order chi connectivity index (χ0) is 8.91. The van der Waals surface area contributed by atoms with Crippen LogP contribution < -0.4 is 5.73 Å². The molecule has 0 radical (unpaired) electrons. The van der Waals surface area contributed by atoms with Gasteiger partial charge in [0.05, 0.1) is 5.75 Å². The number of hydrogen-bond acceptors (Lipinski definition) is 4. The van der Waals surface area contributed by atoms with Crippen molar-refractivity contribution in [1.29, 1.82) is 0 Å². The average molecular weight is 179 g/mol. The molecule has 66 valence electrons. The summed E-state index contributed by atoms with van der Waals surface area (Å²) < 4.78 is 21.1. The fourth-order valence-electron chi connectivity index (χ4n) is 0.585. The first-order valence-electron chi connectivity index (χ1n) is 3.35. The second-order valence-electron chi connectivity index (χ2n) is 2.46. The molecule has 0 amide bonds. The summed E-state index contributed by atoms with van der Waals surface area (Å²) in [6.45, 7) is 0.294. The van der Waals surface area contributed by atoms with E-state index in [4.69, 9.17) is 5.73 Å². The predicted molar refractivity (Wildman–Crippen MR) is 43.0 cm³/mol. The zero-order valence-corrected chi connectivity index (χ0v) is 7.36. The standard InChI is InChI=1S/C6H13NO3S/c1-11(9,10)5-3-6(8)2-4-7/h2-5,7H2,1H3. The van der Waals surface area contributed by atoms with Crippen molar-refractivity contribution in [3.63, 3.8) is 0 Å². The highest BCUT2D eigenvalue weighted by molar-refractivity contribution is 7.90. The van der Waals surface area contributed by atoms with Gasteiger partial charge in [0.15, 0.2) is 0 Å². The number of sulfone groups is 1. The van der Waals surface area contributed by atoms with Crippen LogP contribution in [0.2, 0.25) is 0 Å². The summed E-state index contributed by atoms with van der Waals surface area (Å²) in [5.41, 5.74) is 5.10. The summed E-state index contributed by atoms with van der Waals surface area (Å²) >= 11 is 0. The summed E-state index contributed by atoms with van der Waals surface area (Å²) in [5.74, 6) is -0.149. The van der Waals surface area contributed by atoms with Crippen LogP contribution in [0.3, 0.4) is 0 Å². The lowest BCUT2D eigenvalue weighted by Gasteiger charge is -1.96. The summed E-state index contributed by atoms with van der Waals surface area (Å²) in [5, 5.41) is 0. The van der Waals surface area contributed by atoms with E-state index in [1.54, 1.807) is 0 Å². The third-order valence-corrected chi connectivity index (χ3v) is 2.12. The Morgan fingerprint density at radius 3 is 2.27 bits per heavy atom. The largest absolute Gasteiger partial charge is 0.330 e. The highest BCUT2D eigenvalue weighted by Crippen LogP contribution is 1.92. The van der Waals surface area contributed by atoms with E-state index in [-0.39, 0.29) is 24.4 Å². The van der Waals surface area contributed by atoms with E-state index in [9.17, 15) is 13.2 Å². The van der Waals surface area contributed by atoms with Crippen LogP contribution >= 0.6 is 0 Å². The third-order valence-electron chi connectivity index (χ3n) is 1.17. The zero-order valence-electron chi connectivity index (χ0n) is 6.54. The molecule has 0 bridgehead atoms. The quantitative estimate of drug-likeness (QED) is 0.607. The Morgan fingerprint density at radius 1 is 1.36 bits per heavy atom. The van der Waals surface area contributed by atoms with Crippen molar-refractivity contribution in [2.45, 2.75) is 12.8 Å². The number of Topliss-reactive ketones (excluding diaryl/α,β-unsaturated/α-hetero) is 1. The predicted octanol–water partition coefficient (Wildman–Crippen LogP) is -0.661. The van der Waals surface area contributed by atoms with Gasteiger partial charge >= 0.3 is 0 Å². The molecule has 0 aliphatic heterocycles. The van der Waals surface area contributed by atoms with Gasteiger partial charge in [-0.15, -0.1) is 0 Å². The highest BCUT2D eigenvalue weighted by atomic mass is 32.2. The molecule has 0 aromatic rings. The van der Waals surface area contributed by atoms with E-state index in [2.05, 4.69) is 0 Å². The topological polar surface area (TPSA) is 77.2 Å². The van der Waals surface area contributed by atoms with Crippen LogP contribution in [0.5, 0.6) is 0 Å². The first-order chi connectivity index (χ1) is 4.95. The van der Waals surface area contributed by atoms with Crippen molar-refractivity contribution < 1.29 is 13.2 Å². The van der Waals surface area contributed by atoms with Gasteiger partial charge in [-0.05, 0) is 6.54 Å². The van der Waals surface area contributed by atoms with Crippen LogP contribution in [0.4, 0.5) is 0 Å². The number of nitrogens with two attached hydrogens (primary N) is 1. The lowest BCUT2D eigenvalue weighted by molar-refractivity contribution is -0.118. The average Bonchev–Trinajstić information content (AvgIpc) is 1.83. The van der Waals surface area contributed by atoms with Gasteiger partial charge in [0.2, 0.25) is 0 Å². The van der Waals surface area contributed by atoms with Crippen LogP contribution in [-0.4, -0.2) is 32.8 Å². The molecule has 0 fully saturated rings. The Kier molecular flexibility index (Phi) is 4.29. The van der Waals surface area contributed by atoms with E-state index in [0.29, 0.717) is 6.54 Å². The van der Waals surface area contributed by atoms with Crippen LogP contribution in [0.25, 0.3) is 0 Å². The van der Waals surface area contributed by atoms with E-state index in [0.717, 1.165) is 6.26 Å². The summed E-state index contributed by atoms with van der Waals surface area (Å²) in [4.78, 5) is 10.7. The molecule has 0 heterocycles. The number of carbonyl (C=O) groups is 1. The molecule has 11 heavy (non-hydrogen) atoms. The third kappa shape index (κ3) is 7.48. The molecule has 0 aliphatic carbocycles. The van der Waals surface area contributed by atoms with Gasteiger partial charge < -0.3 is 5.73 Å². The first-order valence-corrected chi connectivity index (χ1v) is 5.41. The molecule has 0 aromatic heterocycles.